The first kappa shape index (κ1) is 20.5. The van der Waals surface area contributed by atoms with Gasteiger partial charge in [0.25, 0.3) is 0 Å². The lowest BCUT2D eigenvalue weighted by Gasteiger charge is -2.12. The van der Waals surface area contributed by atoms with Gasteiger partial charge in [0, 0.05) is 13.7 Å². The van der Waals surface area contributed by atoms with Crippen molar-refractivity contribution in [2.75, 3.05) is 20.3 Å². The molecule has 0 saturated heterocycles. The highest BCUT2D eigenvalue weighted by atomic mass is 35.5. The normalized spacial score (nSPS) is 12.2. The molecule has 5 nitrogen and oxygen atoms in total. The number of hydrogen-bond donors (Lipinski definition) is 2. The van der Waals surface area contributed by atoms with Gasteiger partial charge in [-0.15, -0.1) is 12.4 Å². The number of benzene rings is 1. The lowest BCUT2D eigenvalue weighted by Crippen LogP contribution is -2.43. The molecule has 1 rings (SSSR count). The lowest BCUT2D eigenvalue weighted by atomic mass is 10.2. The van der Waals surface area contributed by atoms with Crippen molar-refractivity contribution in [3.63, 3.8) is 0 Å². The highest BCUT2D eigenvalue weighted by Gasteiger charge is 2.28. The van der Waals surface area contributed by atoms with Gasteiger partial charge < -0.3 is 20.5 Å². The van der Waals surface area contributed by atoms with Gasteiger partial charge in [-0.05, 0) is 17.7 Å². The molecule has 1 aromatic carbocycles. The van der Waals surface area contributed by atoms with E-state index in [1.54, 1.807) is 12.1 Å². The number of halogens is 4. The average Bonchev–Trinajstić information content (AvgIpc) is 2.42. The fourth-order valence-corrected chi connectivity index (χ4v) is 1.49. The van der Waals surface area contributed by atoms with Crippen LogP contribution in [0.1, 0.15) is 5.56 Å². The summed E-state index contributed by atoms with van der Waals surface area (Å²) < 4.78 is 45.5. The Hall–Kier alpha value is -1.51. The van der Waals surface area contributed by atoms with Gasteiger partial charge >= 0.3 is 6.18 Å². The molecule has 1 amide bonds. The number of ether oxygens (including phenoxy) is 2. The third-order valence-corrected chi connectivity index (χ3v) is 2.45. The summed E-state index contributed by atoms with van der Waals surface area (Å²) >= 11 is 0. The van der Waals surface area contributed by atoms with Crippen molar-refractivity contribution in [1.29, 1.82) is 0 Å². The van der Waals surface area contributed by atoms with Crippen LogP contribution < -0.4 is 15.8 Å². The summed E-state index contributed by atoms with van der Waals surface area (Å²) in [4.78, 5) is 11.6. The minimum atomic E-state index is -4.39. The van der Waals surface area contributed by atoms with Crippen molar-refractivity contribution in [3.05, 3.63) is 29.8 Å². The first-order chi connectivity index (χ1) is 9.81. The van der Waals surface area contributed by atoms with Crippen LogP contribution in [0, 0.1) is 0 Å². The summed E-state index contributed by atoms with van der Waals surface area (Å²) in [7, 11) is 1.43. The SMILES string of the molecule is COCC(N)C(=O)NCc1cccc(OCC(F)(F)F)c1.Cl. The van der Waals surface area contributed by atoms with Gasteiger partial charge in [0.1, 0.15) is 11.8 Å². The fourth-order valence-electron chi connectivity index (χ4n) is 1.49. The van der Waals surface area contributed by atoms with Crippen molar-refractivity contribution < 1.29 is 27.4 Å². The molecule has 0 heterocycles. The Morgan fingerprint density at radius 1 is 1.41 bits per heavy atom. The predicted octanol–water partition coefficient (Wildman–Crippen LogP) is 1.64. The largest absolute Gasteiger partial charge is 0.484 e. The van der Waals surface area contributed by atoms with E-state index in [-0.39, 0.29) is 31.3 Å². The fraction of sp³-hybridized carbons (Fsp3) is 0.462. The number of hydrogen-bond acceptors (Lipinski definition) is 4. The summed E-state index contributed by atoms with van der Waals surface area (Å²) in [5, 5.41) is 2.56. The molecule has 0 fully saturated rings. The lowest BCUT2D eigenvalue weighted by molar-refractivity contribution is -0.153. The molecule has 0 saturated carbocycles. The molecule has 1 unspecified atom stereocenters. The zero-order chi connectivity index (χ0) is 15.9. The van der Waals surface area contributed by atoms with Crippen LogP contribution >= 0.6 is 12.4 Å². The van der Waals surface area contributed by atoms with E-state index in [0.717, 1.165) is 0 Å². The molecule has 1 aromatic rings. The molecule has 0 spiro atoms. The molecule has 126 valence electrons. The zero-order valence-electron chi connectivity index (χ0n) is 11.9. The van der Waals surface area contributed by atoms with Crippen molar-refractivity contribution in [2.24, 2.45) is 5.73 Å². The van der Waals surface area contributed by atoms with Crippen molar-refractivity contribution in [2.45, 2.75) is 18.8 Å². The predicted molar refractivity (Wildman–Crippen MR) is 76.9 cm³/mol. The minimum absolute atomic E-state index is 0. The summed E-state index contributed by atoms with van der Waals surface area (Å²) in [6.45, 7) is -1.14. The maximum absolute atomic E-state index is 12.0. The van der Waals surface area contributed by atoms with E-state index in [1.807, 2.05) is 0 Å². The van der Waals surface area contributed by atoms with E-state index in [4.69, 9.17) is 10.5 Å². The van der Waals surface area contributed by atoms with Gasteiger partial charge in [-0.2, -0.15) is 13.2 Å². The van der Waals surface area contributed by atoms with Gasteiger partial charge in [0.05, 0.1) is 6.61 Å². The van der Waals surface area contributed by atoms with Gasteiger partial charge in [-0.3, -0.25) is 4.79 Å². The van der Waals surface area contributed by atoms with Crippen molar-refractivity contribution in [1.82, 2.24) is 5.32 Å². The maximum atomic E-state index is 12.0. The van der Waals surface area contributed by atoms with Crippen molar-refractivity contribution in [3.8, 4) is 5.75 Å². The van der Waals surface area contributed by atoms with Crippen LogP contribution in [0.3, 0.4) is 0 Å². The summed E-state index contributed by atoms with van der Waals surface area (Å²) in [5.41, 5.74) is 6.13. The van der Waals surface area contributed by atoms with Crippen molar-refractivity contribution >= 4 is 18.3 Å². The van der Waals surface area contributed by atoms with E-state index in [1.165, 1.54) is 19.2 Å². The quantitative estimate of drug-likeness (QED) is 0.790. The van der Waals surface area contributed by atoms with E-state index in [2.05, 4.69) is 10.1 Å². The topological polar surface area (TPSA) is 73.6 Å². The molecule has 22 heavy (non-hydrogen) atoms. The zero-order valence-corrected chi connectivity index (χ0v) is 12.7. The monoisotopic (exact) mass is 342 g/mol. The number of amides is 1. The summed E-state index contributed by atoms with van der Waals surface area (Å²) in [6.07, 6.45) is -4.39. The van der Waals surface area contributed by atoms with Crippen LogP contribution in [0.2, 0.25) is 0 Å². The van der Waals surface area contributed by atoms with Crippen LogP contribution in [0.5, 0.6) is 5.75 Å². The second-order valence-corrected chi connectivity index (χ2v) is 4.33. The number of alkyl halides is 3. The molecule has 3 N–H and O–H groups in total. The smallest absolute Gasteiger partial charge is 0.422 e. The highest BCUT2D eigenvalue weighted by Crippen LogP contribution is 2.19. The Balaban J connectivity index is 0.00000441. The van der Waals surface area contributed by atoms with Gasteiger partial charge in [0.2, 0.25) is 5.91 Å². The van der Waals surface area contributed by atoms with Crippen LogP contribution in [-0.4, -0.2) is 38.4 Å². The van der Waals surface area contributed by atoms with E-state index < -0.39 is 24.7 Å². The Labute approximate surface area is 132 Å². The number of nitrogens with one attached hydrogen (secondary N) is 1. The maximum Gasteiger partial charge on any atom is 0.422 e. The standard InChI is InChI=1S/C13H17F3N2O3.ClH/c1-20-7-11(17)12(19)18-6-9-3-2-4-10(5-9)21-8-13(14,15)16;/h2-5,11H,6-8,17H2,1H3,(H,18,19);1H. The summed E-state index contributed by atoms with van der Waals surface area (Å²) in [6, 6.07) is 5.24. The highest BCUT2D eigenvalue weighted by molar-refractivity contribution is 5.85. The van der Waals surface area contributed by atoms with E-state index in [9.17, 15) is 18.0 Å². The van der Waals surface area contributed by atoms with Gasteiger partial charge in [-0.25, -0.2) is 0 Å². The molecule has 0 radical (unpaired) electrons. The van der Waals surface area contributed by atoms with Crippen LogP contribution in [0.25, 0.3) is 0 Å². The number of nitrogens with two attached hydrogens (primary N) is 1. The molecule has 0 bridgehead atoms. The molecule has 0 aromatic heterocycles. The molecule has 0 aliphatic rings. The van der Waals surface area contributed by atoms with E-state index >= 15 is 0 Å². The van der Waals surface area contributed by atoms with Crippen LogP contribution in [0.15, 0.2) is 24.3 Å². The van der Waals surface area contributed by atoms with Gasteiger partial charge in [0.15, 0.2) is 6.61 Å². The molecule has 0 aliphatic heterocycles. The third kappa shape index (κ3) is 8.06. The number of methoxy groups -OCH3 is 1. The Morgan fingerprint density at radius 2 is 2.09 bits per heavy atom. The van der Waals surface area contributed by atoms with Gasteiger partial charge in [-0.1, -0.05) is 12.1 Å². The Morgan fingerprint density at radius 3 is 2.68 bits per heavy atom. The first-order valence-electron chi connectivity index (χ1n) is 6.12. The molecular formula is C13H18ClF3N2O3. The van der Waals surface area contributed by atoms with E-state index in [0.29, 0.717) is 5.56 Å². The molecule has 1 atom stereocenters. The number of carbonyl (C=O) groups is 1. The number of carbonyl (C=O) groups excluding carboxylic acids is 1. The molecule has 9 heteroatoms. The molecule has 0 aliphatic carbocycles. The van der Waals surface area contributed by atoms with Crippen LogP contribution in [0.4, 0.5) is 13.2 Å². The Bertz CT molecular complexity index is 472. The van der Waals surface area contributed by atoms with Crippen LogP contribution in [-0.2, 0) is 16.1 Å². The Kier molecular flexibility index (Phi) is 8.84. The number of rotatable bonds is 7. The summed E-state index contributed by atoms with van der Waals surface area (Å²) in [5.74, 6) is -0.321. The second kappa shape index (κ2) is 9.50. The third-order valence-electron chi connectivity index (χ3n) is 2.45. The average molecular weight is 343 g/mol. The second-order valence-electron chi connectivity index (χ2n) is 4.33. The molecular weight excluding hydrogens is 325 g/mol. The minimum Gasteiger partial charge on any atom is -0.484 e. The first-order valence-corrected chi connectivity index (χ1v) is 6.12.